The van der Waals surface area contributed by atoms with Gasteiger partial charge in [-0.1, -0.05) is 57.4 Å². The smallest absolute Gasteiger partial charge is 0.408 e. The van der Waals surface area contributed by atoms with E-state index in [9.17, 15) is 14.4 Å². The minimum Gasteiger partial charge on any atom is -0.444 e. The number of ether oxygens (including phenoxy) is 1. The Labute approximate surface area is 210 Å². The van der Waals surface area contributed by atoms with E-state index in [1.165, 1.54) is 4.90 Å². The molecule has 0 aliphatic carbocycles. The summed E-state index contributed by atoms with van der Waals surface area (Å²) in [6.07, 6.45) is 8.28. The van der Waals surface area contributed by atoms with Gasteiger partial charge in [0.05, 0.1) is 0 Å². The van der Waals surface area contributed by atoms with Crippen LogP contribution in [0.1, 0.15) is 78.5 Å². The van der Waals surface area contributed by atoms with Crippen molar-refractivity contribution in [1.82, 2.24) is 15.5 Å². The number of rotatable bonds is 11. The first-order valence-corrected chi connectivity index (χ1v) is 12.1. The highest BCUT2D eigenvalue weighted by molar-refractivity contribution is 5.92. The molecule has 35 heavy (non-hydrogen) atoms. The third-order valence-electron chi connectivity index (χ3n) is 5.30. The fourth-order valence-electron chi connectivity index (χ4n) is 3.73. The van der Waals surface area contributed by atoms with Crippen molar-refractivity contribution < 1.29 is 19.1 Å². The average molecular weight is 484 g/mol. The molecule has 7 nitrogen and oxygen atoms in total. The topological polar surface area (TPSA) is 87.7 Å². The maximum Gasteiger partial charge on any atom is 0.408 e. The average Bonchev–Trinajstić information content (AvgIpc) is 2.75. The van der Waals surface area contributed by atoms with Crippen LogP contribution in [0.25, 0.3) is 0 Å². The first-order valence-electron chi connectivity index (χ1n) is 12.1. The molecule has 1 aromatic rings. The van der Waals surface area contributed by atoms with E-state index in [0.717, 1.165) is 12.8 Å². The van der Waals surface area contributed by atoms with Gasteiger partial charge in [0, 0.05) is 18.2 Å². The van der Waals surface area contributed by atoms with Gasteiger partial charge in [0.1, 0.15) is 17.7 Å². The molecule has 0 aliphatic heterocycles. The van der Waals surface area contributed by atoms with E-state index >= 15 is 0 Å². The number of hydrogen-bond acceptors (Lipinski definition) is 4. The molecule has 7 heteroatoms. The molecule has 0 bridgehead atoms. The van der Waals surface area contributed by atoms with Crippen LogP contribution in [0.3, 0.4) is 0 Å². The van der Waals surface area contributed by atoms with Crippen molar-refractivity contribution in [2.45, 2.75) is 85.0 Å². The molecule has 3 amide bonds. The van der Waals surface area contributed by atoms with Crippen LogP contribution in [0.5, 0.6) is 0 Å². The molecule has 3 unspecified atom stereocenters. The molecule has 2 N–H and O–H groups in total. The molecule has 1 aromatic carbocycles. The molecule has 0 radical (unpaired) electrons. The van der Waals surface area contributed by atoms with E-state index in [-0.39, 0.29) is 24.4 Å². The minimum absolute atomic E-state index is 0.0806. The van der Waals surface area contributed by atoms with Crippen LogP contribution in [0.15, 0.2) is 36.9 Å². The van der Waals surface area contributed by atoms with Gasteiger partial charge in [0.15, 0.2) is 0 Å². The largest absolute Gasteiger partial charge is 0.444 e. The first-order chi connectivity index (χ1) is 16.4. The number of terminal acetylenes is 1. The van der Waals surface area contributed by atoms with E-state index < -0.39 is 29.7 Å². The second-order valence-corrected chi connectivity index (χ2v) is 9.98. The number of carbonyl (C=O) groups excluding carboxylic acids is 3. The second kappa shape index (κ2) is 13.6. The van der Waals surface area contributed by atoms with Crippen molar-refractivity contribution in [3.8, 4) is 12.3 Å². The fourth-order valence-corrected chi connectivity index (χ4v) is 3.73. The molecule has 3 atom stereocenters. The quantitative estimate of drug-likeness (QED) is 0.356. The Morgan fingerprint density at radius 1 is 1.17 bits per heavy atom. The normalized spacial score (nSPS) is 13.7. The molecule has 0 aliphatic rings. The van der Waals surface area contributed by atoms with Crippen LogP contribution in [0.4, 0.5) is 4.79 Å². The SMILES string of the molecule is C#Cc1ccccc1C(C(=O)NC(C)CCC)N(CC=C)C(=O)C(NC(=O)OC(C)(C)C)C(C)C. The van der Waals surface area contributed by atoms with Crippen LogP contribution in [-0.2, 0) is 14.3 Å². The third kappa shape index (κ3) is 9.12. The summed E-state index contributed by atoms with van der Waals surface area (Å²) in [6.45, 7) is 16.7. The van der Waals surface area contributed by atoms with E-state index in [4.69, 9.17) is 11.2 Å². The van der Waals surface area contributed by atoms with Crippen LogP contribution in [0, 0.1) is 18.3 Å². The third-order valence-corrected chi connectivity index (χ3v) is 5.30. The Kier molecular flexibility index (Phi) is 11.5. The number of benzene rings is 1. The van der Waals surface area contributed by atoms with Crippen LogP contribution >= 0.6 is 0 Å². The highest BCUT2D eigenvalue weighted by Crippen LogP contribution is 2.27. The highest BCUT2D eigenvalue weighted by atomic mass is 16.6. The summed E-state index contributed by atoms with van der Waals surface area (Å²) < 4.78 is 5.37. The maximum atomic E-state index is 13.9. The predicted molar refractivity (Wildman–Crippen MR) is 140 cm³/mol. The van der Waals surface area contributed by atoms with Crippen LogP contribution in [-0.4, -0.2) is 47.0 Å². The summed E-state index contributed by atoms with van der Waals surface area (Å²) in [5.41, 5.74) is 0.323. The number of nitrogens with one attached hydrogen (secondary N) is 2. The van der Waals surface area contributed by atoms with Crippen molar-refractivity contribution in [2.24, 2.45) is 5.92 Å². The standard InChI is InChI=1S/C28H41N3O4/c1-10-15-20(6)29-25(32)24(22-17-14-13-16-21(22)12-3)31(18-11-2)26(33)23(19(4)5)30-27(34)35-28(7,8)9/h3,11,13-14,16-17,19-20,23-24H,2,10,15,18H2,1,4-9H3,(H,29,32)(H,30,34). The van der Waals surface area contributed by atoms with E-state index in [0.29, 0.717) is 11.1 Å². The highest BCUT2D eigenvalue weighted by Gasteiger charge is 2.38. The van der Waals surface area contributed by atoms with Crippen molar-refractivity contribution in [2.75, 3.05) is 6.54 Å². The van der Waals surface area contributed by atoms with Gasteiger partial charge >= 0.3 is 6.09 Å². The summed E-state index contributed by atoms with van der Waals surface area (Å²) in [6, 6.07) is 5.03. The molecular weight excluding hydrogens is 442 g/mol. The predicted octanol–water partition coefficient (Wildman–Crippen LogP) is 4.58. The molecule has 192 valence electrons. The van der Waals surface area contributed by atoms with E-state index in [2.05, 4.69) is 23.1 Å². The van der Waals surface area contributed by atoms with Gasteiger partial charge in [0.25, 0.3) is 0 Å². The Hall–Kier alpha value is -3.27. The zero-order valence-corrected chi connectivity index (χ0v) is 22.2. The molecule has 0 heterocycles. The van der Waals surface area contributed by atoms with Gasteiger partial charge in [-0.15, -0.1) is 13.0 Å². The van der Waals surface area contributed by atoms with Gasteiger partial charge in [-0.3, -0.25) is 9.59 Å². The van der Waals surface area contributed by atoms with Crippen LogP contribution in [0.2, 0.25) is 0 Å². The lowest BCUT2D eigenvalue weighted by Gasteiger charge is -2.35. The van der Waals surface area contributed by atoms with E-state index in [1.54, 1.807) is 51.1 Å². The lowest BCUT2D eigenvalue weighted by molar-refractivity contribution is -0.143. The van der Waals surface area contributed by atoms with Crippen molar-refractivity contribution in [1.29, 1.82) is 0 Å². The number of amides is 3. The molecule has 0 fully saturated rings. The van der Waals surface area contributed by atoms with Crippen molar-refractivity contribution in [3.63, 3.8) is 0 Å². The molecule has 1 rings (SSSR count). The maximum absolute atomic E-state index is 13.9. The summed E-state index contributed by atoms with van der Waals surface area (Å²) >= 11 is 0. The monoisotopic (exact) mass is 483 g/mol. The minimum atomic E-state index is -1.01. The fraction of sp³-hybridized carbons (Fsp3) is 0.536. The Morgan fingerprint density at radius 3 is 2.31 bits per heavy atom. The lowest BCUT2D eigenvalue weighted by Crippen LogP contribution is -2.55. The number of nitrogens with zero attached hydrogens (tertiary/aromatic N) is 1. The number of hydrogen-bond donors (Lipinski definition) is 2. The first kappa shape index (κ1) is 29.8. The second-order valence-electron chi connectivity index (χ2n) is 9.98. The summed E-state index contributed by atoms with van der Waals surface area (Å²) in [4.78, 5) is 41.4. The van der Waals surface area contributed by atoms with Crippen molar-refractivity contribution >= 4 is 17.9 Å². The Balaban J connectivity index is 3.51. The van der Waals surface area contributed by atoms with Crippen molar-refractivity contribution in [3.05, 3.63) is 48.0 Å². The number of alkyl carbamates (subject to hydrolysis) is 1. The molecule has 0 aromatic heterocycles. The van der Waals surface area contributed by atoms with Gasteiger partial charge < -0.3 is 20.3 Å². The number of carbonyl (C=O) groups is 3. The Bertz CT molecular complexity index is 927. The van der Waals surface area contributed by atoms with Gasteiger partial charge in [-0.2, -0.15) is 0 Å². The van der Waals surface area contributed by atoms with Gasteiger partial charge in [0.2, 0.25) is 11.8 Å². The van der Waals surface area contributed by atoms with Gasteiger partial charge in [-0.25, -0.2) is 4.79 Å². The zero-order chi connectivity index (χ0) is 26.8. The zero-order valence-electron chi connectivity index (χ0n) is 22.2. The summed E-state index contributed by atoms with van der Waals surface area (Å²) in [5, 5.41) is 5.70. The molecule has 0 saturated carbocycles. The molecule has 0 spiro atoms. The summed E-state index contributed by atoms with van der Waals surface area (Å²) in [7, 11) is 0. The lowest BCUT2D eigenvalue weighted by atomic mass is 9.95. The van der Waals surface area contributed by atoms with E-state index in [1.807, 2.05) is 27.7 Å². The molecule has 0 saturated heterocycles. The summed E-state index contributed by atoms with van der Waals surface area (Å²) in [5.74, 6) is 1.58. The van der Waals surface area contributed by atoms with Crippen LogP contribution < -0.4 is 10.6 Å². The van der Waals surface area contributed by atoms with Gasteiger partial charge in [-0.05, 0) is 51.7 Å². The molecular formula is C28H41N3O4. The Morgan fingerprint density at radius 2 is 1.80 bits per heavy atom.